The molecule has 0 spiro atoms. The zero-order valence-electron chi connectivity index (χ0n) is 9.84. The molecule has 7 heteroatoms. The predicted octanol–water partition coefficient (Wildman–Crippen LogP) is 3.82. The second-order valence-corrected chi connectivity index (χ2v) is 5.72. The fourth-order valence-electron chi connectivity index (χ4n) is 1.64. The minimum atomic E-state index is 0.215. The van der Waals surface area contributed by atoms with E-state index in [-0.39, 0.29) is 5.28 Å². The molecule has 0 amide bonds. The highest BCUT2D eigenvalue weighted by molar-refractivity contribution is 7.99. The highest BCUT2D eigenvalue weighted by Crippen LogP contribution is 2.31. The van der Waals surface area contributed by atoms with E-state index in [1.54, 1.807) is 6.33 Å². The van der Waals surface area contributed by atoms with Gasteiger partial charge in [0.05, 0.1) is 6.33 Å². The van der Waals surface area contributed by atoms with Gasteiger partial charge in [0, 0.05) is 17.0 Å². The molecule has 0 saturated carbocycles. The van der Waals surface area contributed by atoms with E-state index >= 15 is 0 Å². The molecule has 0 aliphatic rings. The molecule has 4 nitrogen and oxygen atoms in total. The average molecular weight is 311 g/mol. The molecular weight excluding hydrogens is 303 g/mol. The number of aromatic nitrogens is 4. The predicted molar refractivity (Wildman–Crippen MR) is 76.9 cm³/mol. The molecule has 0 bridgehead atoms. The number of rotatable bonds is 2. The molecule has 3 rings (SSSR count). The van der Waals surface area contributed by atoms with Gasteiger partial charge in [-0.2, -0.15) is 4.98 Å². The maximum atomic E-state index is 5.95. The Bertz CT molecular complexity index is 739. The SMILES string of the molecule is Cn1cnc2c(Sc3ccc(Cl)cc3)nc(Cl)nc21. The Hall–Kier alpha value is -1.30. The molecule has 3 aromatic rings. The fraction of sp³-hybridized carbons (Fsp3) is 0.0833. The van der Waals surface area contributed by atoms with Crippen molar-refractivity contribution < 1.29 is 0 Å². The van der Waals surface area contributed by atoms with Gasteiger partial charge >= 0.3 is 0 Å². The Morgan fingerprint density at radius 1 is 1.11 bits per heavy atom. The number of benzene rings is 1. The molecule has 0 atom stereocenters. The number of hydrogen-bond donors (Lipinski definition) is 0. The van der Waals surface area contributed by atoms with Crippen LogP contribution in [0, 0.1) is 0 Å². The molecule has 0 fully saturated rings. The van der Waals surface area contributed by atoms with Crippen LogP contribution in [0.5, 0.6) is 0 Å². The molecule has 0 saturated heterocycles. The zero-order chi connectivity index (χ0) is 13.4. The fourth-order valence-corrected chi connectivity index (χ4v) is 2.85. The lowest BCUT2D eigenvalue weighted by molar-refractivity contribution is 0.925. The molecule has 0 aliphatic carbocycles. The first-order valence-electron chi connectivity index (χ1n) is 5.41. The van der Waals surface area contributed by atoms with Gasteiger partial charge in [0.1, 0.15) is 10.5 Å². The summed E-state index contributed by atoms with van der Waals surface area (Å²) in [6, 6.07) is 7.53. The second-order valence-electron chi connectivity index (χ2n) is 3.88. The summed E-state index contributed by atoms with van der Waals surface area (Å²) < 4.78 is 1.81. The highest BCUT2D eigenvalue weighted by Gasteiger charge is 2.12. The van der Waals surface area contributed by atoms with E-state index in [0.29, 0.717) is 5.02 Å². The van der Waals surface area contributed by atoms with Crippen LogP contribution >= 0.6 is 35.0 Å². The number of halogens is 2. The van der Waals surface area contributed by atoms with E-state index in [9.17, 15) is 0 Å². The molecule has 0 aliphatic heterocycles. The van der Waals surface area contributed by atoms with Crippen molar-refractivity contribution in [3.05, 3.63) is 40.9 Å². The van der Waals surface area contributed by atoms with E-state index < -0.39 is 0 Å². The minimum Gasteiger partial charge on any atom is -0.318 e. The topological polar surface area (TPSA) is 43.6 Å². The quantitative estimate of drug-likeness (QED) is 0.533. The van der Waals surface area contributed by atoms with Crippen molar-refractivity contribution in [3.63, 3.8) is 0 Å². The van der Waals surface area contributed by atoms with Crippen LogP contribution in [0.4, 0.5) is 0 Å². The highest BCUT2D eigenvalue weighted by atomic mass is 35.5. The van der Waals surface area contributed by atoms with E-state index in [1.807, 2.05) is 35.9 Å². The molecule has 1 aromatic carbocycles. The number of hydrogen-bond acceptors (Lipinski definition) is 4. The summed E-state index contributed by atoms with van der Waals surface area (Å²) in [5.74, 6) is 0. The number of imidazole rings is 1. The third-order valence-corrected chi connectivity index (χ3v) is 3.94. The third-order valence-electron chi connectivity index (χ3n) is 2.53. The summed E-state index contributed by atoms with van der Waals surface area (Å²) in [5.41, 5.74) is 1.46. The summed E-state index contributed by atoms with van der Waals surface area (Å²) in [7, 11) is 1.87. The van der Waals surface area contributed by atoms with Gasteiger partial charge in [-0.1, -0.05) is 23.4 Å². The van der Waals surface area contributed by atoms with Gasteiger partial charge < -0.3 is 4.57 Å². The van der Waals surface area contributed by atoms with Crippen LogP contribution in [0.25, 0.3) is 11.2 Å². The van der Waals surface area contributed by atoms with Crippen LogP contribution in [-0.2, 0) is 7.05 Å². The number of nitrogens with zero attached hydrogens (tertiary/aromatic N) is 4. The third kappa shape index (κ3) is 2.54. The first kappa shape index (κ1) is 12.7. The van der Waals surface area contributed by atoms with Crippen LogP contribution in [0.15, 0.2) is 40.5 Å². The molecule has 19 heavy (non-hydrogen) atoms. The van der Waals surface area contributed by atoms with E-state index in [0.717, 1.165) is 21.1 Å². The van der Waals surface area contributed by atoms with Crippen molar-refractivity contribution in [2.75, 3.05) is 0 Å². The lowest BCUT2D eigenvalue weighted by atomic mass is 10.4. The normalized spacial score (nSPS) is 11.1. The van der Waals surface area contributed by atoms with Gasteiger partial charge in [-0.15, -0.1) is 0 Å². The molecule has 2 aromatic heterocycles. The lowest BCUT2D eigenvalue weighted by Crippen LogP contribution is -1.92. The summed E-state index contributed by atoms with van der Waals surface area (Å²) in [5, 5.41) is 1.65. The Balaban J connectivity index is 2.07. The molecule has 96 valence electrons. The molecular formula is C12H8Cl2N4S. The van der Waals surface area contributed by atoms with Crippen LogP contribution in [0.3, 0.4) is 0 Å². The van der Waals surface area contributed by atoms with Crippen LogP contribution in [0.1, 0.15) is 0 Å². The Labute approximate surface area is 123 Å². The molecule has 0 radical (unpaired) electrons. The van der Waals surface area contributed by atoms with Crippen molar-refractivity contribution in [2.24, 2.45) is 7.05 Å². The maximum Gasteiger partial charge on any atom is 0.225 e. The smallest absolute Gasteiger partial charge is 0.225 e. The first-order chi connectivity index (χ1) is 9.13. The van der Waals surface area contributed by atoms with Crippen molar-refractivity contribution in [1.29, 1.82) is 0 Å². The standard InChI is InChI=1S/C12H8Cl2N4S/c1-18-6-15-9-10(18)16-12(14)17-11(9)19-8-4-2-7(13)3-5-8/h2-6H,1H3. The van der Waals surface area contributed by atoms with Crippen LogP contribution < -0.4 is 0 Å². The van der Waals surface area contributed by atoms with Gasteiger partial charge in [0.25, 0.3) is 0 Å². The van der Waals surface area contributed by atoms with Gasteiger partial charge in [0.2, 0.25) is 5.28 Å². The Morgan fingerprint density at radius 3 is 2.58 bits per heavy atom. The van der Waals surface area contributed by atoms with E-state index in [1.165, 1.54) is 11.8 Å². The lowest BCUT2D eigenvalue weighted by Gasteiger charge is -2.03. The van der Waals surface area contributed by atoms with Crippen molar-refractivity contribution in [1.82, 2.24) is 19.5 Å². The molecule has 2 heterocycles. The summed E-state index contributed by atoms with van der Waals surface area (Å²) in [6.07, 6.45) is 1.70. The summed E-state index contributed by atoms with van der Waals surface area (Å²) in [6.45, 7) is 0. The van der Waals surface area contributed by atoms with Gasteiger partial charge in [-0.3, -0.25) is 0 Å². The van der Waals surface area contributed by atoms with Gasteiger partial charge in [-0.25, -0.2) is 9.97 Å². The summed E-state index contributed by atoms with van der Waals surface area (Å²) in [4.78, 5) is 13.7. The minimum absolute atomic E-state index is 0.215. The molecule has 0 N–H and O–H groups in total. The van der Waals surface area contributed by atoms with E-state index in [4.69, 9.17) is 23.2 Å². The van der Waals surface area contributed by atoms with E-state index in [2.05, 4.69) is 15.0 Å². The average Bonchev–Trinajstić information content (AvgIpc) is 2.74. The maximum absolute atomic E-state index is 5.95. The monoisotopic (exact) mass is 310 g/mol. The first-order valence-corrected chi connectivity index (χ1v) is 6.99. The Kier molecular flexibility index (Phi) is 3.35. The van der Waals surface area contributed by atoms with Gasteiger partial charge in [0.15, 0.2) is 5.65 Å². The second kappa shape index (κ2) is 5.00. The van der Waals surface area contributed by atoms with Crippen molar-refractivity contribution >= 4 is 46.1 Å². The van der Waals surface area contributed by atoms with Crippen molar-refractivity contribution in [3.8, 4) is 0 Å². The van der Waals surface area contributed by atoms with Crippen LogP contribution in [-0.4, -0.2) is 19.5 Å². The van der Waals surface area contributed by atoms with Crippen molar-refractivity contribution in [2.45, 2.75) is 9.92 Å². The largest absolute Gasteiger partial charge is 0.318 e. The summed E-state index contributed by atoms with van der Waals surface area (Å²) >= 11 is 13.3. The molecule has 0 unspecified atom stereocenters. The Morgan fingerprint density at radius 2 is 1.84 bits per heavy atom. The zero-order valence-corrected chi connectivity index (χ0v) is 12.2. The number of fused-ring (bicyclic) bond motifs is 1. The van der Waals surface area contributed by atoms with Gasteiger partial charge in [-0.05, 0) is 35.9 Å². The van der Waals surface area contributed by atoms with Crippen LogP contribution in [0.2, 0.25) is 10.3 Å². The number of aryl methyl sites for hydroxylation is 1.